The van der Waals surface area contributed by atoms with Crippen molar-refractivity contribution in [2.75, 3.05) is 6.54 Å². The minimum atomic E-state index is -0.174. The molecule has 3 aliphatic rings. The van der Waals surface area contributed by atoms with Gasteiger partial charge in [0, 0.05) is 6.54 Å². The molecule has 124 valence electrons. The number of benzene rings is 1. The summed E-state index contributed by atoms with van der Waals surface area (Å²) in [6, 6.07) is 6.66. The molecule has 4 rings (SSSR count). The lowest BCUT2D eigenvalue weighted by atomic mass is 9.84. The number of aliphatic hydroxyl groups is 1. The van der Waals surface area contributed by atoms with E-state index >= 15 is 0 Å². The average Bonchev–Trinajstić information content (AvgIpc) is 3.12. The van der Waals surface area contributed by atoms with Gasteiger partial charge in [-0.1, -0.05) is 18.2 Å². The van der Waals surface area contributed by atoms with Crippen molar-refractivity contribution in [2.45, 2.75) is 63.0 Å². The van der Waals surface area contributed by atoms with Crippen LogP contribution < -0.4 is 10.6 Å². The van der Waals surface area contributed by atoms with Gasteiger partial charge in [-0.05, 0) is 73.5 Å². The van der Waals surface area contributed by atoms with E-state index < -0.39 is 0 Å². The largest absolute Gasteiger partial charge is 0.393 e. The fourth-order valence-electron chi connectivity index (χ4n) is 4.80. The molecule has 0 aliphatic heterocycles. The number of carbonyl (C=O) groups is 1. The first-order chi connectivity index (χ1) is 11.2. The molecule has 1 saturated carbocycles. The number of carbonyl (C=O) groups excluding carboxylic acids is 1. The molecule has 0 spiro atoms. The second-order valence-electron chi connectivity index (χ2n) is 7.48. The molecule has 0 radical (unpaired) electrons. The summed E-state index contributed by atoms with van der Waals surface area (Å²) in [5.41, 5.74) is 4.34. The van der Waals surface area contributed by atoms with E-state index in [0.29, 0.717) is 18.4 Å². The fourth-order valence-corrected chi connectivity index (χ4v) is 4.80. The van der Waals surface area contributed by atoms with Crippen molar-refractivity contribution in [3.63, 3.8) is 0 Å². The van der Waals surface area contributed by atoms with Crippen molar-refractivity contribution in [1.29, 1.82) is 0 Å². The third-order valence-corrected chi connectivity index (χ3v) is 5.90. The summed E-state index contributed by atoms with van der Waals surface area (Å²) in [5, 5.41) is 15.7. The second kappa shape index (κ2) is 6.16. The molecule has 1 fully saturated rings. The van der Waals surface area contributed by atoms with Crippen molar-refractivity contribution in [3.8, 4) is 0 Å². The Morgan fingerprint density at radius 1 is 1.22 bits per heavy atom. The van der Waals surface area contributed by atoms with Gasteiger partial charge in [-0.2, -0.15) is 0 Å². The lowest BCUT2D eigenvalue weighted by Gasteiger charge is -2.20. The van der Waals surface area contributed by atoms with Gasteiger partial charge in [-0.3, -0.25) is 0 Å². The molecule has 0 bridgehead atoms. The van der Waals surface area contributed by atoms with Gasteiger partial charge in [0.15, 0.2) is 0 Å². The van der Waals surface area contributed by atoms with Crippen LogP contribution in [0.3, 0.4) is 0 Å². The van der Waals surface area contributed by atoms with E-state index in [-0.39, 0.29) is 18.2 Å². The Morgan fingerprint density at radius 2 is 2.13 bits per heavy atom. The third kappa shape index (κ3) is 2.97. The zero-order valence-electron chi connectivity index (χ0n) is 13.6. The van der Waals surface area contributed by atoms with E-state index in [2.05, 4.69) is 28.8 Å². The molecule has 23 heavy (non-hydrogen) atoms. The summed E-state index contributed by atoms with van der Waals surface area (Å²) in [4.78, 5) is 12.3. The first-order valence-electron chi connectivity index (χ1n) is 9.05. The number of hydrogen-bond donors (Lipinski definition) is 3. The van der Waals surface area contributed by atoms with Gasteiger partial charge >= 0.3 is 6.03 Å². The fraction of sp³-hybridized carbons (Fsp3) is 0.632. The Morgan fingerprint density at radius 3 is 2.96 bits per heavy atom. The van der Waals surface area contributed by atoms with E-state index in [0.717, 1.165) is 25.7 Å². The van der Waals surface area contributed by atoms with E-state index in [1.54, 1.807) is 0 Å². The van der Waals surface area contributed by atoms with Crippen LogP contribution >= 0.6 is 0 Å². The standard InChI is InChI=1S/C19H26N2O2/c22-15-8-7-12(9-15)11-20-19(23)21-17-10-14-5-1-3-13-4-2-6-16(17)18(13)14/h2,4,6,12,14-15,17,22H,1,3,5,7-11H2,(H2,20,21,23)/t12-,14+,15+,17+/m1/s1. The summed E-state index contributed by atoms with van der Waals surface area (Å²) < 4.78 is 0. The van der Waals surface area contributed by atoms with Crippen LogP contribution in [0.25, 0.3) is 0 Å². The van der Waals surface area contributed by atoms with E-state index in [4.69, 9.17) is 0 Å². The number of amides is 2. The molecular formula is C19H26N2O2. The predicted octanol–water partition coefficient (Wildman–Crippen LogP) is 3.01. The molecule has 3 N–H and O–H groups in total. The predicted molar refractivity (Wildman–Crippen MR) is 89.4 cm³/mol. The summed E-state index contributed by atoms with van der Waals surface area (Å²) in [6.07, 6.45) is 7.27. The van der Waals surface area contributed by atoms with Gasteiger partial charge in [0.1, 0.15) is 0 Å². The summed E-state index contributed by atoms with van der Waals surface area (Å²) in [7, 11) is 0. The minimum absolute atomic E-state index is 0.0624. The molecule has 4 heteroatoms. The molecule has 2 amide bonds. The molecule has 0 saturated heterocycles. The van der Waals surface area contributed by atoms with Gasteiger partial charge in [-0.15, -0.1) is 0 Å². The Labute approximate surface area is 137 Å². The highest BCUT2D eigenvalue weighted by Gasteiger charge is 2.35. The monoisotopic (exact) mass is 314 g/mol. The topological polar surface area (TPSA) is 61.4 Å². The number of hydrogen-bond acceptors (Lipinski definition) is 2. The first-order valence-corrected chi connectivity index (χ1v) is 9.05. The zero-order valence-corrected chi connectivity index (χ0v) is 13.6. The van der Waals surface area contributed by atoms with Crippen LogP contribution in [0.2, 0.25) is 0 Å². The normalized spacial score (nSPS) is 31.7. The smallest absolute Gasteiger partial charge is 0.315 e. The van der Waals surface area contributed by atoms with E-state index in [9.17, 15) is 9.90 Å². The Hall–Kier alpha value is -1.55. The first kappa shape index (κ1) is 15.0. The van der Waals surface area contributed by atoms with Gasteiger partial charge < -0.3 is 15.7 Å². The van der Waals surface area contributed by atoms with Crippen molar-refractivity contribution in [2.24, 2.45) is 5.92 Å². The van der Waals surface area contributed by atoms with Gasteiger partial charge in [0.2, 0.25) is 0 Å². The highest BCUT2D eigenvalue weighted by atomic mass is 16.3. The number of aryl methyl sites for hydroxylation is 1. The molecule has 0 heterocycles. The van der Waals surface area contributed by atoms with Crippen LogP contribution in [0.5, 0.6) is 0 Å². The van der Waals surface area contributed by atoms with Crippen molar-refractivity contribution in [1.82, 2.24) is 10.6 Å². The summed E-state index contributed by atoms with van der Waals surface area (Å²) in [5.74, 6) is 1.05. The Balaban J connectivity index is 1.37. The van der Waals surface area contributed by atoms with Crippen LogP contribution in [0, 0.1) is 5.92 Å². The molecule has 0 unspecified atom stereocenters. The number of rotatable bonds is 3. The number of urea groups is 1. The SMILES string of the molecule is O=C(NC[C@@H]1CC[C@H](O)C1)N[C@H]1C[C@@H]2CCCc3cccc1c32. The molecule has 3 aliphatic carbocycles. The maximum Gasteiger partial charge on any atom is 0.315 e. The zero-order chi connectivity index (χ0) is 15.8. The summed E-state index contributed by atoms with van der Waals surface area (Å²) >= 11 is 0. The van der Waals surface area contributed by atoms with Crippen LogP contribution in [0.15, 0.2) is 18.2 Å². The van der Waals surface area contributed by atoms with Crippen LogP contribution in [-0.4, -0.2) is 23.8 Å². The van der Waals surface area contributed by atoms with Crippen LogP contribution in [0.1, 0.15) is 67.2 Å². The van der Waals surface area contributed by atoms with Crippen LogP contribution in [-0.2, 0) is 6.42 Å². The molecule has 0 aromatic heterocycles. The number of nitrogens with one attached hydrogen (secondary N) is 2. The van der Waals surface area contributed by atoms with Crippen LogP contribution in [0.4, 0.5) is 4.79 Å². The quantitative estimate of drug-likeness (QED) is 0.803. The highest BCUT2D eigenvalue weighted by Crippen LogP contribution is 2.47. The molecular weight excluding hydrogens is 288 g/mol. The minimum Gasteiger partial charge on any atom is -0.393 e. The summed E-state index contributed by atoms with van der Waals surface area (Å²) in [6.45, 7) is 0.673. The Bertz CT molecular complexity index is 601. The maximum atomic E-state index is 12.3. The van der Waals surface area contributed by atoms with Crippen molar-refractivity contribution in [3.05, 3.63) is 34.9 Å². The number of aliphatic hydroxyl groups excluding tert-OH is 1. The molecule has 1 aromatic carbocycles. The van der Waals surface area contributed by atoms with Gasteiger partial charge in [0.25, 0.3) is 0 Å². The van der Waals surface area contributed by atoms with Crippen molar-refractivity contribution >= 4 is 6.03 Å². The Kier molecular flexibility index (Phi) is 4.02. The van der Waals surface area contributed by atoms with E-state index in [1.807, 2.05) is 0 Å². The molecule has 1 aromatic rings. The van der Waals surface area contributed by atoms with Gasteiger partial charge in [-0.25, -0.2) is 4.79 Å². The second-order valence-corrected chi connectivity index (χ2v) is 7.48. The average molecular weight is 314 g/mol. The highest BCUT2D eigenvalue weighted by molar-refractivity contribution is 5.74. The maximum absolute atomic E-state index is 12.3. The molecule has 4 atom stereocenters. The third-order valence-electron chi connectivity index (χ3n) is 5.90. The lowest BCUT2D eigenvalue weighted by Crippen LogP contribution is -2.39. The van der Waals surface area contributed by atoms with Crippen molar-refractivity contribution < 1.29 is 9.90 Å². The lowest BCUT2D eigenvalue weighted by molar-refractivity contribution is 0.177. The van der Waals surface area contributed by atoms with Gasteiger partial charge in [0.05, 0.1) is 12.1 Å². The van der Waals surface area contributed by atoms with E-state index in [1.165, 1.54) is 36.0 Å². The molecule has 4 nitrogen and oxygen atoms in total.